The summed E-state index contributed by atoms with van der Waals surface area (Å²) >= 11 is 7.92. The van der Waals surface area contributed by atoms with Crippen LogP contribution in [-0.4, -0.2) is 32.5 Å². The summed E-state index contributed by atoms with van der Waals surface area (Å²) in [5.41, 5.74) is 1.98. The van der Waals surface area contributed by atoms with Crippen molar-refractivity contribution in [3.63, 3.8) is 0 Å². The summed E-state index contributed by atoms with van der Waals surface area (Å²) in [6, 6.07) is 17.8. The Kier molecular flexibility index (Phi) is 5.98. The van der Waals surface area contributed by atoms with Crippen molar-refractivity contribution in [2.24, 2.45) is 0 Å². The van der Waals surface area contributed by atoms with Crippen LogP contribution in [0.2, 0.25) is 5.02 Å². The molecule has 144 valence electrons. The fourth-order valence-electron chi connectivity index (χ4n) is 3.28. The van der Waals surface area contributed by atoms with Crippen molar-refractivity contribution in [2.75, 3.05) is 6.54 Å². The van der Waals surface area contributed by atoms with Crippen molar-refractivity contribution < 1.29 is 4.79 Å². The van der Waals surface area contributed by atoms with Gasteiger partial charge in [0.25, 0.3) is 0 Å². The normalized spacial score (nSPS) is 17.2. The fourth-order valence-corrected chi connectivity index (χ4v) is 4.59. The summed E-state index contributed by atoms with van der Waals surface area (Å²) in [7, 11) is 0. The van der Waals surface area contributed by atoms with E-state index in [1.807, 2.05) is 42.5 Å². The van der Waals surface area contributed by atoms with E-state index >= 15 is 0 Å². The average molecular weight is 413 g/mol. The van der Waals surface area contributed by atoms with E-state index in [1.54, 1.807) is 0 Å². The number of thioether (sulfide) groups is 1. The van der Waals surface area contributed by atoms with E-state index in [0.29, 0.717) is 17.4 Å². The van der Waals surface area contributed by atoms with Gasteiger partial charge in [0.15, 0.2) is 11.0 Å². The van der Waals surface area contributed by atoms with E-state index in [0.717, 1.165) is 42.1 Å². The van der Waals surface area contributed by atoms with Crippen LogP contribution in [0, 0.1) is 0 Å². The predicted molar refractivity (Wildman–Crippen MR) is 113 cm³/mol. The first-order valence-corrected chi connectivity index (χ1v) is 10.6. The number of halogens is 1. The fraction of sp³-hybridized carbons (Fsp3) is 0.286. The van der Waals surface area contributed by atoms with E-state index in [1.165, 1.54) is 11.8 Å². The highest BCUT2D eigenvalue weighted by Crippen LogP contribution is 2.33. The maximum Gasteiger partial charge on any atom is 0.233 e. The lowest BCUT2D eigenvalue weighted by Crippen LogP contribution is -2.30. The van der Waals surface area contributed by atoms with Crippen molar-refractivity contribution in [3.05, 3.63) is 65.2 Å². The Balaban J connectivity index is 1.71. The molecule has 5 nitrogen and oxygen atoms in total. The van der Waals surface area contributed by atoms with Crippen LogP contribution < -0.4 is 5.32 Å². The molecular weight excluding hydrogens is 392 g/mol. The van der Waals surface area contributed by atoms with Gasteiger partial charge in [-0.05, 0) is 30.5 Å². The molecule has 1 aliphatic rings. The van der Waals surface area contributed by atoms with E-state index < -0.39 is 0 Å². The zero-order chi connectivity index (χ0) is 19.3. The number of carbonyl (C=O) groups is 1. The second-order valence-electron chi connectivity index (χ2n) is 6.75. The first-order valence-electron chi connectivity index (χ1n) is 9.39. The Morgan fingerprint density at radius 3 is 2.68 bits per heavy atom. The molecule has 1 N–H and O–H groups in total. The molecule has 0 bridgehead atoms. The van der Waals surface area contributed by atoms with Crippen LogP contribution in [0.5, 0.6) is 0 Å². The molecule has 1 fully saturated rings. The summed E-state index contributed by atoms with van der Waals surface area (Å²) in [6.07, 6.45) is 2.89. The molecule has 28 heavy (non-hydrogen) atoms. The van der Waals surface area contributed by atoms with Crippen LogP contribution in [0.25, 0.3) is 11.4 Å². The lowest BCUT2D eigenvalue weighted by Gasteiger charge is -2.15. The summed E-state index contributed by atoms with van der Waals surface area (Å²) < 4.78 is 2.05. The maximum absolute atomic E-state index is 12.4. The van der Waals surface area contributed by atoms with Crippen LogP contribution in [0.4, 0.5) is 0 Å². The van der Waals surface area contributed by atoms with Gasteiger partial charge < -0.3 is 5.32 Å². The van der Waals surface area contributed by atoms with Gasteiger partial charge in [-0.1, -0.05) is 72.2 Å². The molecule has 0 radical (unpaired) electrons. The monoisotopic (exact) mass is 412 g/mol. The molecule has 1 saturated heterocycles. The molecule has 7 heteroatoms. The predicted octanol–water partition coefficient (Wildman–Crippen LogP) is 4.41. The van der Waals surface area contributed by atoms with Crippen LogP contribution in [0.15, 0.2) is 59.8 Å². The number of hydrogen-bond donors (Lipinski definition) is 1. The zero-order valence-electron chi connectivity index (χ0n) is 15.3. The van der Waals surface area contributed by atoms with Crippen molar-refractivity contribution in [2.45, 2.75) is 36.2 Å². The van der Waals surface area contributed by atoms with E-state index in [2.05, 4.69) is 32.2 Å². The minimum atomic E-state index is -0.152. The summed E-state index contributed by atoms with van der Waals surface area (Å²) in [5, 5.41) is 13.1. The van der Waals surface area contributed by atoms with Gasteiger partial charge in [-0.15, -0.1) is 10.2 Å². The Morgan fingerprint density at radius 1 is 1.07 bits per heavy atom. The van der Waals surface area contributed by atoms with E-state index in [-0.39, 0.29) is 11.2 Å². The number of rotatable bonds is 5. The van der Waals surface area contributed by atoms with E-state index in [9.17, 15) is 4.79 Å². The van der Waals surface area contributed by atoms with Crippen molar-refractivity contribution in [1.29, 1.82) is 0 Å². The molecule has 1 aromatic heterocycles. The minimum Gasteiger partial charge on any atom is -0.355 e. The minimum absolute atomic E-state index is 0.0797. The van der Waals surface area contributed by atoms with Crippen molar-refractivity contribution >= 4 is 29.3 Å². The number of hydrogen-bond acceptors (Lipinski definition) is 4. The molecule has 1 atom stereocenters. The Morgan fingerprint density at radius 2 is 1.86 bits per heavy atom. The number of nitrogens with one attached hydrogen (secondary N) is 1. The average Bonchev–Trinajstić information content (AvgIpc) is 2.97. The number of aromatic nitrogens is 3. The quantitative estimate of drug-likeness (QED) is 0.674. The summed E-state index contributed by atoms with van der Waals surface area (Å²) in [5.74, 6) is 0.794. The van der Waals surface area contributed by atoms with Crippen molar-refractivity contribution in [3.8, 4) is 11.4 Å². The second-order valence-corrected chi connectivity index (χ2v) is 8.33. The molecule has 1 amide bonds. The van der Waals surface area contributed by atoms with Crippen LogP contribution in [0.1, 0.15) is 24.8 Å². The highest BCUT2D eigenvalue weighted by atomic mass is 35.5. The van der Waals surface area contributed by atoms with Gasteiger partial charge in [-0.3, -0.25) is 9.36 Å². The van der Waals surface area contributed by atoms with Crippen molar-refractivity contribution in [1.82, 2.24) is 20.1 Å². The van der Waals surface area contributed by atoms with Crippen LogP contribution in [0.3, 0.4) is 0 Å². The van der Waals surface area contributed by atoms with Gasteiger partial charge in [0.05, 0.1) is 16.8 Å². The summed E-state index contributed by atoms with van der Waals surface area (Å²) in [6.45, 7) is 1.36. The van der Waals surface area contributed by atoms with Gasteiger partial charge in [-0.25, -0.2) is 0 Å². The first kappa shape index (κ1) is 19.0. The Labute approximate surface area is 173 Å². The second kappa shape index (κ2) is 8.80. The van der Waals surface area contributed by atoms with Gasteiger partial charge in [0, 0.05) is 12.1 Å². The van der Waals surface area contributed by atoms with Gasteiger partial charge in [-0.2, -0.15) is 0 Å². The molecule has 2 aromatic carbocycles. The lowest BCUT2D eigenvalue weighted by atomic mass is 10.2. The largest absolute Gasteiger partial charge is 0.355 e. The SMILES string of the molecule is O=C1NCCCC[C@@H]1Sc1nnc(-c2ccccc2Cl)n1Cc1ccccc1. The number of carbonyl (C=O) groups excluding carboxylic acids is 1. The van der Waals surface area contributed by atoms with Gasteiger partial charge >= 0.3 is 0 Å². The third-order valence-corrected chi connectivity index (χ3v) is 6.32. The highest BCUT2D eigenvalue weighted by Gasteiger charge is 2.26. The third kappa shape index (κ3) is 4.23. The smallest absolute Gasteiger partial charge is 0.233 e. The Bertz CT molecular complexity index is 960. The zero-order valence-corrected chi connectivity index (χ0v) is 16.9. The third-order valence-electron chi connectivity index (χ3n) is 4.75. The Hall–Kier alpha value is -2.31. The van der Waals surface area contributed by atoms with E-state index in [4.69, 9.17) is 11.6 Å². The summed E-state index contributed by atoms with van der Waals surface area (Å²) in [4.78, 5) is 12.4. The molecular formula is C21H21ClN4OS. The molecule has 1 aliphatic heterocycles. The molecule has 3 aromatic rings. The molecule has 2 heterocycles. The lowest BCUT2D eigenvalue weighted by molar-refractivity contribution is -0.120. The van der Waals surface area contributed by atoms with Gasteiger partial charge in [0.1, 0.15) is 0 Å². The molecule has 0 spiro atoms. The number of nitrogens with zero attached hydrogens (tertiary/aromatic N) is 3. The topological polar surface area (TPSA) is 59.8 Å². The van der Waals surface area contributed by atoms with Crippen LogP contribution in [-0.2, 0) is 11.3 Å². The van der Waals surface area contributed by atoms with Gasteiger partial charge in [0.2, 0.25) is 5.91 Å². The first-order chi connectivity index (χ1) is 13.7. The molecule has 0 saturated carbocycles. The number of benzene rings is 2. The highest BCUT2D eigenvalue weighted by molar-refractivity contribution is 8.00. The molecule has 0 unspecified atom stereocenters. The molecule has 4 rings (SSSR count). The number of amides is 1. The van der Waals surface area contributed by atoms with Crippen LogP contribution >= 0.6 is 23.4 Å². The molecule has 0 aliphatic carbocycles. The maximum atomic E-state index is 12.4. The standard InChI is InChI=1S/C21H21ClN4OS/c22-17-11-5-4-10-16(17)19-24-25-21(26(19)14-15-8-2-1-3-9-15)28-18-12-6-7-13-23-20(18)27/h1-5,8-11,18H,6-7,12-14H2,(H,23,27)/t18-/m0/s1.